The number of nitrogens with one attached hydrogen (secondary N) is 1. The fourth-order valence-corrected chi connectivity index (χ4v) is 2.49. The number of nitrogens with zero attached hydrogens (tertiary/aromatic N) is 2. The Kier molecular flexibility index (Phi) is 4.37. The van der Waals surface area contributed by atoms with Crippen molar-refractivity contribution in [2.75, 3.05) is 25.5 Å². The number of hydrogen-bond acceptors (Lipinski definition) is 4. The smallest absolute Gasteiger partial charge is 0.221 e. The highest BCUT2D eigenvalue weighted by atomic mass is 16.1. The Labute approximate surface area is 114 Å². The van der Waals surface area contributed by atoms with Gasteiger partial charge in [0.1, 0.15) is 5.82 Å². The third-order valence-electron chi connectivity index (χ3n) is 3.64. The first-order valence-corrected chi connectivity index (χ1v) is 6.79. The van der Waals surface area contributed by atoms with Gasteiger partial charge in [-0.05, 0) is 30.9 Å². The SMILES string of the molecule is CNC(=O)CCN(C)c1nc2c(cc1CN)CCC2. The Morgan fingerprint density at radius 3 is 3.00 bits per heavy atom. The zero-order valence-corrected chi connectivity index (χ0v) is 11.7. The van der Waals surface area contributed by atoms with E-state index in [-0.39, 0.29) is 5.91 Å². The number of anilines is 1. The lowest BCUT2D eigenvalue weighted by Gasteiger charge is -2.21. The average molecular weight is 262 g/mol. The summed E-state index contributed by atoms with van der Waals surface area (Å²) in [6.45, 7) is 1.14. The van der Waals surface area contributed by atoms with E-state index in [0.29, 0.717) is 19.5 Å². The molecule has 0 aliphatic heterocycles. The second kappa shape index (κ2) is 6.02. The van der Waals surface area contributed by atoms with Crippen LogP contribution in [0.3, 0.4) is 0 Å². The summed E-state index contributed by atoms with van der Waals surface area (Å²) in [5.74, 6) is 0.967. The Balaban J connectivity index is 2.16. The number of nitrogens with two attached hydrogens (primary N) is 1. The van der Waals surface area contributed by atoms with Crippen molar-refractivity contribution in [1.29, 1.82) is 0 Å². The van der Waals surface area contributed by atoms with Crippen LogP contribution in [0.4, 0.5) is 5.82 Å². The van der Waals surface area contributed by atoms with Gasteiger partial charge in [-0.3, -0.25) is 4.79 Å². The van der Waals surface area contributed by atoms with E-state index in [1.165, 1.54) is 17.7 Å². The summed E-state index contributed by atoms with van der Waals surface area (Å²) >= 11 is 0. The third kappa shape index (κ3) is 3.04. The summed E-state index contributed by atoms with van der Waals surface area (Å²) in [5, 5.41) is 2.63. The molecule has 1 amide bonds. The van der Waals surface area contributed by atoms with Crippen LogP contribution in [-0.2, 0) is 24.2 Å². The molecule has 104 valence electrons. The minimum Gasteiger partial charge on any atom is -0.359 e. The number of carbonyl (C=O) groups excluding carboxylic acids is 1. The van der Waals surface area contributed by atoms with Crippen molar-refractivity contribution >= 4 is 11.7 Å². The third-order valence-corrected chi connectivity index (χ3v) is 3.64. The van der Waals surface area contributed by atoms with Gasteiger partial charge in [-0.25, -0.2) is 4.98 Å². The number of amides is 1. The van der Waals surface area contributed by atoms with E-state index in [1.807, 2.05) is 11.9 Å². The van der Waals surface area contributed by atoms with Gasteiger partial charge in [-0.2, -0.15) is 0 Å². The molecule has 0 saturated heterocycles. The summed E-state index contributed by atoms with van der Waals surface area (Å²) in [6, 6.07) is 2.18. The van der Waals surface area contributed by atoms with Crippen LogP contribution in [0, 0.1) is 0 Å². The predicted molar refractivity (Wildman–Crippen MR) is 76.1 cm³/mol. The zero-order valence-electron chi connectivity index (χ0n) is 11.7. The molecule has 0 spiro atoms. The molecule has 0 bridgehead atoms. The zero-order chi connectivity index (χ0) is 13.8. The van der Waals surface area contributed by atoms with Crippen molar-refractivity contribution in [3.8, 4) is 0 Å². The first-order chi connectivity index (χ1) is 9.15. The molecule has 5 heteroatoms. The Morgan fingerprint density at radius 2 is 2.32 bits per heavy atom. The Morgan fingerprint density at radius 1 is 1.53 bits per heavy atom. The normalized spacial score (nSPS) is 13.2. The number of fused-ring (bicyclic) bond motifs is 1. The lowest BCUT2D eigenvalue weighted by Crippen LogP contribution is -2.28. The van der Waals surface area contributed by atoms with Gasteiger partial charge < -0.3 is 16.0 Å². The van der Waals surface area contributed by atoms with E-state index in [9.17, 15) is 4.79 Å². The van der Waals surface area contributed by atoms with Crippen LogP contribution >= 0.6 is 0 Å². The van der Waals surface area contributed by atoms with Gasteiger partial charge in [-0.1, -0.05) is 0 Å². The Hall–Kier alpha value is -1.62. The number of aromatic nitrogens is 1. The minimum absolute atomic E-state index is 0.0438. The predicted octanol–water partition coefficient (Wildman–Crippen LogP) is 0.601. The molecule has 5 nitrogen and oxygen atoms in total. The average Bonchev–Trinajstić information content (AvgIpc) is 2.89. The largest absolute Gasteiger partial charge is 0.359 e. The maximum Gasteiger partial charge on any atom is 0.221 e. The number of hydrogen-bond donors (Lipinski definition) is 2. The summed E-state index contributed by atoms with van der Waals surface area (Å²) in [5.41, 5.74) is 9.42. The van der Waals surface area contributed by atoms with Gasteiger partial charge >= 0.3 is 0 Å². The molecule has 1 heterocycles. The van der Waals surface area contributed by atoms with Crippen molar-refractivity contribution in [3.63, 3.8) is 0 Å². The molecule has 0 radical (unpaired) electrons. The summed E-state index contributed by atoms with van der Waals surface area (Å²) < 4.78 is 0. The lowest BCUT2D eigenvalue weighted by atomic mass is 10.1. The molecule has 0 atom stereocenters. The monoisotopic (exact) mass is 262 g/mol. The number of carbonyl (C=O) groups is 1. The van der Waals surface area contributed by atoms with Crippen LogP contribution in [0.5, 0.6) is 0 Å². The summed E-state index contributed by atoms with van der Waals surface area (Å²) in [4.78, 5) is 18.1. The van der Waals surface area contributed by atoms with E-state index < -0.39 is 0 Å². The maximum absolute atomic E-state index is 11.3. The fourth-order valence-electron chi connectivity index (χ4n) is 2.49. The molecule has 0 saturated carbocycles. The lowest BCUT2D eigenvalue weighted by molar-refractivity contribution is -0.120. The molecule has 1 aromatic rings. The fraction of sp³-hybridized carbons (Fsp3) is 0.571. The second-order valence-electron chi connectivity index (χ2n) is 4.98. The number of aryl methyl sites for hydroxylation is 2. The van der Waals surface area contributed by atoms with E-state index >= 15 is 0 Å². The summed E-state index contributed by atoms with van der Waals surface area (Å²) in [7, 11) is 3.62. The topological polar surface area (TPSA) is 71.2 Å². The molecular weight excluding hydrogens is 240 g/mol. The van der Waals surface area contributed by atoms with Gasteiger partial charge in [0, 0.05) is 44.9 Å². The highest BCUT2D eigenvalue weighted by Crippen LogP contribution is 2.26. The van der Waals surface area contributed by atoms with E-state index in [4.69, 9.17) is 10.7 Å². The first-order valence-electron chi connectivity index (χ1n) is 6.79. The van der Waals surface area contributed by atoms with Gasteiger partial charge in [0.05, 0.1) is 0 Å². The maximum atomic E-state index is 11.3. The molecule has 0 aromatic carbocycles. The Bertz CT molecular complexity index is 473. The molecule has 2 rings (SSSR count). The van der Waals surface area contributed by atoms with Crippen LogP contribution in [0.1, 0.15) is 29.7 Å². The molecule has 1 aliphatic carbocycles. The highest BCUT2D eigenvalue weighted by Gasteiger charge is 2.18. The second-order valence-corrected chi connectivity index (χ2v) is 4.98. The number of rotatable bonds is 5. The quantitative estimate of drug-likeness (QED) is 0.815. The van der Waals surface area contributed by atoms with Crippen molar-refractivity contribution in [3.05, 3.63) is 22.9 Å². The molecule has 19 heavy (non-hydrogen) atoms. The first kappa shape index (κ1) is 13.8. The standard InChI is InChI=1S/C14H22N4O/c1-16-13(19)6-7-18(2)14-11(9-15)8-10-4-3-5-12(10)17-14/h8H,3-7,9,15H2,1-2H3,(H,16,19). The highest BCUT2D eigenvalue weighted by molar-refractivity contribution is 5.76. The van der Waals surface area contributed by atoms with Crippen LogP contribution in [0.2, 0.25) is 0 Å². The molecule has 1 aromatic heterocycles. The van der Waals surface area contributed by atoms with Crippen molar-refractivity contribution in [1.82, 2.24) is 10.3 Å². The van der Waals surface area contributed by atoms with Crippen molar-refractivity contribution < 1.29 is 4.79 Å². The number of pyridine rings is 1. The van der Waals surface area contributed by atoms with Crippen LogP contribution in [0.15, 0.2) is 6.07 Å². The minimum atomic E-state index is 0.0438. The van der Waals surface area contributed by atoms with Crippen molar-refractivity contribution in [2.45, 2.75) is 32.2 Å². The van der Waals surface area contributed by atoms with Crippen LogP contribution in [-0.4, -0.2) is 31.5 Å². The molecular formula is C14H22N4O. The van der Waals surface area contributed by atoms with Gasteiger partial charge in [0.25, 0.3) is 0 Å². The van der Waals surface area contributed by atoms with Gasteiger partial charge in [0.15, 0.2) is 0 Å². The van der Waals surface area contributed by atoms with Crippen molar-refractivity contribution in [2.24, 2.45) is 5.73 Å². The molecule has 0 fully saturated rings. The van der Waals surface area contributed by atoms with E-state index in [0.717, 1.165) is 24.2 Å². The van der Waals surface area contributed by atoms with Gasteiger partial charge in [-0.15, -0.1) is 0 Å². The van der Waals surface area contributed by atoms with Gasteiger partial charge in [0.2, 0.25) is 5.91 Å². The molecule has 3 N–H and O–H groups in total. The van der Waals surface area contributed by atoms with E-state index in [2.05, 4.69) is 11.4 Å². The van der Waals surface area contributed by atoms with Crippen LogP contribution < -0.4 is 16.0 Å². The van der Waals surface area contributed by atoms with E-state index in [1.54, 1.807) is 7.05 Å². The molecule has 1 aliphatic rings. The summed E-state index contributed by atoms with van der Waals surface area (Å²) in [6.07, 6.45) is 3.81. The van der Waals surface area contributed by atoms with Crippen LogP contribution in [0.25, 0.3) is 0 Å². The molecule has 0 unspecified atom stereocenters.